The summed E-state index contributed by atoms with van der Waals surface area (Å²) in [5, 5.41) is 2.79. The second-order valence-electron chi connectivity index (χ2n) is 10.00. The Morgan fingerprint density at radius 3 is 2.53 bits per heavy atom. The molecule has 3 atom stereocenters. The van der Waals surface area contributed by atoms with Crippen molar-refractivity contribution in [1.82, 2.24) is 5.32 Å². The zero-order valence-corrected chi connectivity index (χ0v) is 22.1. The van der Waals surface area contributed by atoms with Crippen molar-refractivity contribution in [3.63, 3.8) is 0 Å². The van der Waals surface area contributed by atoms with Crippen molar-refractivity contribution in [2.75, 3.05) is 25.7 Å². The van der Waals surface area contributed by atoms with Gasteiger partial charge in [0.25, 0.3) is 5.91 Å². The summed E-state index contributed by atoms with van der Waals surface area (Å²) in [6.45, 7) is 2.49. The third-order valence-electron chi connectivity index (χ3n) is 6.96. The van der Waals surface area contributed by atoms with Crippen LogP contribution < -0.4 is 10.1 Å². The summed E-state index contributed by atoms with van der Waals surface area (Å²) in [7, 11) is -1.83. The first kappa shape index (κ1) is 27.8. The molecule has 0 aromatic heterocycles. The molecule has 1 saturated carbocycles. The van der Waals surface area contributed by atoms with E-state index in [1.165, 1.54) is 18.7 Å². The van der Waals surface area contributed by atoms with Gasteiger partial charge in [0.2, 0.25) is 0 Å². The largest absolute Gasteiger partial charge is 0.494 e. The number of Topliss-reactive ketones (excluding diaryl/α,β-unsaturated/α-hetero) is 1. The van der Waals surface area contributed by atoms with Gasteiger partial charge in [-0.25, -0.2) is 12.8 Å². The van der Waals surface area contributed by atoms with Crippen molar-refractivity contribution in [2.45, 2.75) is 57.3 Å². The molecule has 1 aliphatic carbocycles. The van der Waals surface area contributed by atoms with E-state index in [2.05, 4.69) is 12.2 Å². The topological polar surface area (TPSA) is 89.5 Å². The normalized spacial score (nSPS) is 18.6. The molecule has 2 aromatic carbocycles. The Bertz CT molecular complexity index is 1160. The Hall–Kier alpha value is -2.74. The molecule has 1 fully saturated rings. The van der Waals surface area contributed by atoms with Crippen LogP contribution in [0, 0.1) is 11.7 Å². The molecule has 0 radical (unpaired) electrons. The van der Waals surface area contributed by atoms with E-state index in [0.717, 1.165) is 37.5 Å². The zero-order chi connectivity index (χ0) is 26.3. The van der Waals surface area contributed by atoms with E-state index in [9.17, 15) is 22.4 Å². The summed E-state index contributed by atoms with van der Waals surface area (Å²) in [5.74, 6) is 0.320. The van der Waals surface area contributed by atoms with Crippen LogP contribution in [0.2, 0.25) is 0 Å². The van der Waals surface area contributed by atoms with Gasteiger partial charge in [-0.3, -0.25) is 9.59 Å². The van der Waals surface area contributed by atoms with E-state index in [-0.39, 0.29) is 29.7 Å². The van der Waals surface area contributed by atoms with Crippen LogP contribution >= 0.6 is 0 Å². The molecule has 0 heterocycles. The van der Waals surface area contributed by atoms with Gasteiger partial charge >= 0.3 is 0 Å². The van der Waals surface area contributed by atoms with Crippen LogP contribution in [-0.4, -0.2) is 45.8 Å². The second-order valence-corrected chi connectivity index (χ2v) is 12.1. The van der Waals surface area contributed by atoms with Gasteiger partial charge in [-0.2, -0.15) is 0 Å². The Kier molecular flexibility index (Phi) is 9.65. The number of halogens is 1. The summed E-state index contributed by atoms with van der Waals surface area (Å²) < 4.78 is 41.1. The maximum Gasteiger partial charge on any atom is 0.251 e. The van der Waals surface area contributed by atoms with Crippen LogP contribution in [0.25, 0.3) is 0 Å². The number of sulfone groups is 1. The molecule has 1 aliphatic rings. The monoisotopic (exact) mass is 517 g/mol. The van der Waals surface area contributed by atoms with Crippen molar-refractivity contribution in [2.24, 2.45) is 5.92 Å². The number of nitrogens with one attached hydrogen (secondary N) is 1. The van der Waals surface area contributed by atoms with Gasteiger partial charge in [0.05, 0.1) is 7.11 Å². The lowest BCUT2D eigenvalue weighted by atomic mass is 9.88. The van der Waals surface area contributed by atoms with E-state index < -0.39 is 15.6 Å². The fourth-order valence-electron chi connectivity index (χ4n) is 5.07. The van der Waals surface area contributed by atoms with Gasteiger partial charge < -0.3 is 10.1 Å². The van der Waals surface area contributed by atoms with Gasteiger partial charge in [0.15, 0.2) is 21.4 Å². The number of ketones is 1. The summed E-state index contributed by atoms with van der Waals surface area (Å²) in [6.07, 6.45) is 5.96. The number of carbonyl (C=O) groups is 2. The van der Waals surface area contributed by atoms with Crippen molar-refractivity contribution >= 4 is 21.5 Å². The van der Waals surface area contributed by atoms with Crippen LogP contribution in [0.3, 0.4) is 0 Å². The van der Waals surface area contributed by atoms with Crippen LogP contribution in [0.4, 0.5) is 4.39 Å². The first-order valence-electron chi connectivity index (χ1n) is 12.5. The fraction of sp³-hybridized carbons (Fsp3) is 0.500. The molecule has 0 spiro atoms. The van der Waals surface area contributed by atoms with E-state index in [1.54, 1.807) is 6.07 Å². The van der Waals surface area contributed by atoms with Crippen LogP contribution in [0.1, 0.15) is 78.8 Å². The predicted molar refractivity (Wildman–Crippen MR) is 139 cm³/mol. The number of ether oxygens (including phenoxy) is 1. The number of rotatable bonds is 12. The van der Waals surface area contributed by atoms with Crippen molar-refractivity contribution in [1.29, 1.82) is 0 Å². The molecule has 0 saturated heterocycles. The van der Waals surface area contributed by atoms with E-state index in [1.807, 2.05) is 30.3 Å². The number of hydrogen-bond donors (Lipinski definition) is 1. The Balaban J connectivity index is 1.45. The molecule has 2 aromatic rings. The maximum atomic E-state index is 13.7. The lowest BCUT2D eigenvalue weighted by Gasteiger charge is -2.18. The molecule has 0 unspecified atom stereocenters. The third kappa shape index (κ3) is 8.15. The molecular formula is C28H36FNO5S. The molecule has 0 aliphatic heterocycles. The van der Waals surface area contributed by atoms with Crippen LogP contribution in [0.5, 0.6) is 5.75 Å². The molecule has 6 nitrogen and oxygen atoms in total. The lowest BCUT2D eigenvalue weighted by Crippen LogP contribution is -2.25. The average molecular weight is 518 g/mol. The summed E-state index contributed by atoms with van der Waals surface area (Å²) in [4.78, 5) is 24.0. The SMILES string of the molecule is COc1cc([C@@H](C)C[C@H]2CC[C@@H](c3ccc(C(=O)NCCCC(=O)CS(C)(=O)=O)cc3)C2)ccc1F. The van der Waals surface area contributed by atoms with Crippen LogP contribution in [-0.2, 0) is 14.6 Å². The smallest absolute Gasteiger partial charge is 0.251 e. The molecule has 1 amide bonds. The van der Waals surface area contributed by atoms with Gasteiger partial charge in [-0.15, -0.1) is 0 Å². The number of carbonyl (C=O) groups excluding carboxylic acids is 2. The van der Waals surface area contributed by atoms with Gasteiger partial charge in [-0.1, -0.05) is 25.1 Å². The van der Waals surface area contributed by atoms with Crippen molar-refractivity contribution < 1.29 is 27.1 Å². The molecular weight excluding hydrogens is 481 g/mol. The minimum atomic E-state index is -3.31. The molecule has 36 heavy (non-hydrogen) atoms. The highest BCUT2D eigenvalue weighted by Gasteiger charge is 2.27. The van der Waals surface area contributed by atoms with Crippen molar-refractivity contribution in [3.05, 3.63) is 65.0 Å². The Labute approximate surface area is 213 Å². The Morgan fingerprint density at radius 1 is 1.14 bits per heavy atom. The molecule has 8 heteroatoms. The van der Waals surface area contributed by atoms with Gasteiger partial charge in [0, 0.05) is 24.8 Å². The minimum absolute atomic E-state index is 0.127. The predicted octanol–water partition coefficient (Wildman–Crippen LogP) is 5.04. The average Bonchev–Trinajstić information content (AvgIpc) is 3.29. The zero-order valence-electron chi connectivity index (χ0n) is 21.3. The highest BCUT2D eigenvalue weighted by atomic mass is 32.2. The lowest BCUT2D eigenvalue weighted by molar-refractivity contribution is -0.116. The summed E-state index contributed by atoms with van der Waals surface area (Å²) in [6, 6.07) is 12.8. The number of benzene rings is 2. The second kappa shape index (κ2) is 12.5. The van der Waals surface area contributed by atoms with E-state index in [0.29, 0.717) is 36.3 Å². The minimum Gasteiger partial charge on any atom is -0.494 e. The number of methoxy groups -OCH3 is 1. The first-order chi connectivity index (χ1) is 17.1. The number of amides is 1. The molecule has 1 N–H and O–H groups in total. The first-order valence-corrected chi connectivity index (χ1v) is 14.5. The molecule has 3 rings (SSSR count). The highest BCUT2D eigenvalue weighted by Crippen LogP contribution is 2.42. The molecule has 196 valence electrons. The van der Waals surface area contributed by atoms with Crippen molar-refractivity contribution in [3.8, 4) is 5.75 Å². The van der Waals surface area contributed by atoms with E-state index in [4.69, 9.17) is 4.74 Å². The Morgan fingerprint density at radius 2 is 1.86 bits per heavy atom. The molecule has 0 bridgehead atoms. The van der Waals surface area contributed by atoms with Gasteiger partial charge in [-0.05, 0) is 85.3 Å². The highest BCUT2D eigenvalue weighted by molar-refractivity contribution is 7.91. The number of hydrogen-bond acceptors (Lipinski definition) is 5. The quantitative estimate of drug-likeness (QED) is 0.399. The summed E-state index contributed by atoms with van der Waals surface area (Å²) >= 11 is 0. The van der Waals surface area contributed by atoms with E-state index >= 15 is 0 Å². The third-order valence-corrected chi connectivity index (χ3v) is 7.80. The standard InChI is InChI=1S/C28H36FNO5S/c1-19(23-12-13-26(29)27(17-23)35-2)15-20-6-7-24(16-20)21-8-10-22(11-9-21)28(32)30-14-4-5-25(31)18-36(3,33)34/h8-13,17,19-20,24H,4-7,14-16,18H2,1-3H3,(H,30,32)/t19-,20+,24+/m0/s1. The fourth-order valence-corrected chi connectivity index (χ4v) is 5.80. The summed E-state index contributed by atoms with van der Waals surface area (Å²) in [5.41, 5.74) is 2.89. The van der Waals surface area contributed by atoms with Crippen LogP contribution in [0.15, 0.2) is 42.5 Å². The maximum absolute atomic E-state index is 13.7. The van der Waals surface area contributed by atoms with Gasteiger partial charge in [0.1, 0.15) is 11.5 Å².